The summed E-state index contributed by atoms with van der Waals surface area (Å²) in [4.78, 5) is 9.09. The van der Waals surface area contributed by atoms with E-state index in [9.17, 15) is 9.65 Å². The zero-order valence-electron chi connectivity index (χ0n) is 18.4. The number of rotatable bonds is 5. The molecule has 6 rings (SSSR count). The summed E-state index contributed by atoms with van der Waals surface area (Å²) in [6.45, 7) is 1.61. The Morgan fingerprint density at radius 2 is 2.06 bits per heavy atom. The Bertz CT molecular complexity index is 1420. The number of benzene rings is 2. The highest BCUT2D eigenvalue weighted by atomic mass is 19.1. The Morgan fingerprint density at radius 3 is 2.85 bits per heavy atom. The quantitative estimate of drug-likeness (QED) is 0.465. The van der Waals surface area contributed by atoms with Gasteiger partial charge in [0.25, 0.3) is 0 Å². The topological polar surface area (TPSA) is 84.5 Å². The average molecular weight is 455 g/mol. The van der Waals surface area contributed by atoms with E-state index in [0.29, 0.717) is 30.2 Å². The van der Waals surface area contributed by atoms with Gasteiger partial charge in [0.15, 0.2) is 11.3 Å². The number of ether oxygens (including phenoxy) is 2. The van der Waals surface area contributed by atoms with Crippen molar-refractivity contribution in [3.05, 3.63) is 77.0 Å². The molecule has 2 aliphatic heterocycles. The van der Waals surface area contributed by atoms with Crippen LogP contribution in [0.1, 0.15) is 41.3 Å². The minimum atomic E-state index is -0.278. The maximum absolute atomic E-state index is 14.6. The third-order valence-corrected chi connectivity index (χ3v) is 6.49. The molecule has 2 aromatic carbocycles. The maximum Gasteiger partial charge on any atom is 0.208 e. The van der Waals surface area contributed by atoms with Crippen LogP contribution in [-0.2, 0) is 17.7 Å². The average Bonchev–Trinajstić information content (AvgIpc) is 3.64. The molecule has 2 aliphatic rings. The number of anilines is 1. The molecule has 170 valence electrons. The molecule has 0 aliphatic carbocycles. The summed E-state index contributed by atoms with van der Waals surface area (Å²) in [5.74, 6) is 0.937. The summed E-state index contributed by atoms with van der Waals surface area (Å²) in [6.07, 6.45) is 6.33. The molecular weight excluding hydrogens is 433 g/mol. The summed E-state index contributed by atoms with van der Waals surface area (Å²) in [7, 11) is 0. The number of nitrogens with one attached hydrogen (secondary N) is 1. The predicted molar refractivity (Wildman–Crippen MR) is 124 cm³/mol. The van der Waals surface area contributed by atoms with Crippen molar-refractivity contribution in [1.82, 2.24) is 14.4 Å². The Hall–Kier alpha value is -3.96. The summed E-state index contributed by atoms with van der Waals surface area (Å²) < 4.78 is 27.7. The van der Waals surface area contributed by atoms with Gasteiger partial charge in [-0.2, -0.15) is 5.26 Å². The first kappa shape index (κ1) is 20.6. The Kier molecular flexibility index (Phi) is 5.12. The molecule has 1 fully saturated rings. The number of nitriles is 1. The lowest BCUT2D eigenvalue weighted by Crippen LogP contribution is -2.09. The standard InChI is InChI=1S/C26H22FN5O2/c27-22-7-8-24-19(9-11-34-24)21(22)14-30-26-29-13-20(25-31-18(12-28)15-32(25)26)16-3-5-17(6-4-16)23-2-1-10-33-23/h3-8,13,15,23H,1-2,9-11,14H2,(H,29,30). The smallest absolute Gasteiger partial charge is 0.208 e. The van der Waals surface area contributed by atoms with Gasteiger partial charge in [-0.15, -0.1) is 0 Å². The van der Waals surface area contributed by atoms with E-state index < -0.39 is 0 Å². The van der Waals surface area contributed by atoms with Crippen LogP contribution in [0.3, 0.4) is 0 Å². The highest BCUT2D eigenvalue weighted by Crippen LogP contribution is 2.33. The second kappa shape index (κ2) is 8.43. The summed E-state index contributed by atoms with van der Waals surface area (Å²) >= 11 is 0. The number of hydrogen-bond donors (Lipinski definition) is 1. The van der Waals surface area contributed by atoms with Gasteiger partial charge < -0.3 is 14.8 Å². The molecule has 1 saturated heterocycles. The lowest BCUT2D eigenvalue weighted by molar-refractivity contribution is 0.112. The van der Waals surface area contributed by atoms with Crippen molar-refractivity contribution in [2.75, 3.05) is 18.5 Å². The van der Waals surface area contributed by atoms with E-state index in [1.807, 2.05) is 12.1 Å². The Labute approximate surface area is 195 Å². The fourth-order valence-corrected chi connectivity index (χ4v) is 4.76. The fraction of sp³-hybridized carbons (Fsp3) is 0.269. The van der Waals surface area contributed by atoms with E-state index in [2.05, 4.69) is 33.5 Å². The lowest BCUT2D eigenvalue weighted by Gasteiger charge is -2.14. The SMILES string of the molecule is N#Cc1cn2c(NCc3c(F)ccc4c3CCO4)ncc(-c3ccc(C4CCCO4)cc3)c2n1. The molecule has 4 heterocycles. The molecule has 2 aromatic heterocycles. The molecule has 0 saturated carbocycles. The van der Waals surface area contributed by atoms with Gasteiger partial charge in [0, 0.05) is 42.5 Å². The van der Waals surface area contributed by atoms with Gasteiger partial charge in [0.05, 0.1) is 18.9 Å². The minimum absolute atomic E-state index is 0.153. The summed E-state index contributed by atoms with van der Waals surface area (Å²) in [5.41, 5.74) is 5.27. The molecule has 0 bridgehead atoms. The molecule has 1 atom stereocenters. The van der Waals surface area contributed by atoms with E-state index >= 15 is 0 Å². The predicted octanol–water partition coefficient (Wildman–Crippen LogP) is 4.81. The zero-order chi connectivity index (χ0) is 23.1. The van der Waals surface area contributed by atoms with Crippen LogP contribution in [0.15, 0.2) is 48.8 Å². The van der Waals surface area contributed by atoms with Crippen LogP contribution in [-0.4, -0.2) is 27.6 Å². The van der Waals surface area contributed by atoms with Crippen molar-refractivity contribution in [3.63, 3.8) is 0 Å². The fourth-order valence-electron chi connectivity index (χ4n) is 4.76. The summed E-state index contributed by atoms with van der Waals surface area (Å²) in [5, 5.41) is 12.7. The van der Waals surface area contributed by atoms with Crippen molar-refractivity contribution >= 4 is 11.6 Å². The normalized spacial score (nSPS) is 16.9. The number of halogens is 1. The first-order valence-electron chi connectivity index (χ1n) is 11.4. The van der Waals surface area contributed by atoms with Crippen LogP contribution in [0.25, 0.3) is 16.8 Å². The molecule has 8 heteroatoms. The van der Waals surface area contributed by atoms with Crippen molar-refractivity contribution in [3.8, 4) is 22.9 Å². The zero-order valence-corrected chi connectivity index (χ0v) is 18.4. The van der Waals surface area contributed by atoms with Crippen LogP contribution in [0.2, 0.25) is 0 Å². The monoisotopic (exact) mass is 455 g/mol. The van der Waals surface area contributed by atoms with Crippen LogP contribution in [0, 0.1) is 17.1 Å². The van der Waals surface area contributed by atoms with Gasteiger partial charge >= 0.3 is 0 Å². The van der Waals surface area contributed by atoms with Gasteiger partial charge in [-0.1, -0.05) is 24.3 Å². The van der Waals surface area contributed by atoms with E-state index in [1.165, 1.54) is 6.07 Å². The van der Waals surface area contributed by atoms with Gasteiger partial charge in [-0.25, -0.2) is 14.4 Å². The molecule has 7 nitrogen and oxygen atoms in total. The van der Waals surface area contributed by atoms with Crippen LogP contribution in [0.4, 0.5) is 10.3 Å². The first-order valence-corrected chi connectivity index (χ1v) is 11.4. The van der Waals surface area contributed by atoms with E-state index in [1.54, 1.807) is 22.9 Å². The number of hydrogen-bond acceptors (Lipinski definition) is 6. The highest BCUT2D eigenvalue weighted by Gasteiger charge is 2.21. The Morgan fingerprint density at radius 1 is 1.18 bits per heavy atom. The molecule has 0 radical (unpaired) electrons. The third kappa shape index (κ3) is 3.55. The first-order chi connectivity index (χ1) is 16.7. The molecule has 1 unspecified atom stereocenters. The molecule has 0 spiro atoms. The second-order valence-electron chi connectivity index (χ2n) is 8.51. The van der Waals surface area contributed by atoms with E-state index in [4.69, 9.17) is 9.47 Å². The van der Waals surface area contributed by atoms with Crippen LogP contribution >= 0.6 is 0 Å². The molecule has 34 heavy (non-hydrogen) atoms. The van der Waals surface area contributed by atoms with E-state index in [-0.39, 0.29) is 24.2 Å². The van der Waals surface area contributed by atoms with Crippen molar-refractivity contribution in [1.29, 1.82) is 5.26 Å². The van der Waals surface area contributed by atoms with Crippen LogP contribution in [0.5, 0.6) is 5.75 Å². The Balaban J connectivity index is 1.33. The van der Waals surface area contributed by atoms with Crippen LogP contribution < -0.4 is 10.1 Å². The lowest BCUT2D eigenvalue weighted by atomic mass is 10.0. The number of fused-ring (bicyclic) bond motifs is 2. The summed E-state index contributed by atoms with van der Waals surface area (Å²) in [6, 6.07) is 13.4. The second-order valence-corrected chi connectivity index (χ2v) is 8.51. The van der Waals surface area contributed by atoms with Crippen molar-refractivity contribution < 1.29 is 13.9 Å². The number of aromatic nitrogens is 3. The van der Waals surface area contributed by atoms with Gasteiger partial charge in [-0.3, -0.25) is 4.40 Å². The number of nitrogens with zero attached hydrogens (tertiary/aromatic N) is 4. The molecular formula is C26H22FN5O2. The molecule has 0 amide bonds. The van der Waals surface area contributed by atoms with Gasteiger partial charge in [0.1, 0.15) is 17.6 Å². The maximum atomic E-state index is 14.6. The van der Waals surface area contributed by atoms with Gasteiger partial charge in [0.2, 0.25) is 5.95 Å². The minimum Gasteiger partial charge on any atom is -0.493 e. The van der Waals surface area contributed by atoms with Gasteiger partial charge in [-0.05, 0) is 36.1 Å². The van der Waals surface area contributed by atoms with E-state index in [0.717, 1.165) is 47.5 Å². The van der Waals surface area contributed by atoms with Crippen molar-refractivity contribution in [2.45, 2.75) is 31.9 Å². The highest BCUT2D eigenvalue weighted by molar-refractivity contribution is 5.78. The largest absolute Gasteiger partial charge is 0.493 e. The molecule has 1 N–H and O–H groups in total. The number of imidazole rings is 1. The molecule has 4 aromatic rings. The van der Waals surface area contributed by atoms with Crippen molar-refractivity contribution in [2.24, 2.45) is 0 Å². The third-order valence-electron chi connectivity index (χ3n) is 6.49.